The topological polar surface area (TPSA) is 85.7 Å². The van der Waals surface area contributed by atoms with E-state index in [9.17, 15) is 23.5 Å². The van der Waals surface area contributed by atoms with Crippen molar-refractivity contribution in [3.05, 3.63) is 28.5 Å². The van der Waals surface area contributed by atoms with Crippen LogP contribution in [0.25, 0.3) is 5.76 Å². The van der Waals surface area contributed by atoms with Gasteiger partial charge in [0.1, 0.15) is 17.0 Å². The number of aliphatic hydroxyl groups excluding tert-OH is 1. The van der Waals surface area contributed by atoms with Gasteiger partial charge in [-0.05, 0) is 18.1 Å². The van der Waals surface area contributed by atoms with E-state index in [1.807, 2.05) is 0 Å². The summed E-state index contributed by atoms with van der Waals surface area (Å²) in [5.41, 5.74) is -1.68. The Balaban J connectivity index is 2.76. The SMILES string of the molecule is COCc1cc(C(F)F)nc(OC)c1/C(O)=C1\C(=O)CCC(C)(C)C1=O. The number of hydrogen-bond acceptors (Lipinski definition) is 6. The average Bonchev–Trinajstić information content (AvgIpc) is 2.58. The van der Waals surface area contributed by atoms with Crippen molar-refractivity contribution in [1.82, 2.24) is 4.98 Å². The molecule has 1 saturated carbocycles. The van der Waals surface area contributed by atoms with Crippen molar-refractivity contribution in [3.63, 3.8) is 0 Å². The highest BCUT2D eigenvalue weighted by Crippen LogP contribution is 2.39. The lowest BCUT2D eigenvalue weighted by molar-refractivity contribution is -0.130. The van der Waals surface area contributed by atoms with Gasteiger partial charge in [0.15, 0.2) is 11.6 Å². The molecule has 0 saturated heterocycles. The van der Waals surface area contributed by atoms with Crippen molar-refractivity contribution in [2.45, 2.75) is 39.7 Å². The van der Waals surface area contributed by atoms with E-state index in [4.69, 9.17) is 9.47 Å². The van der Waals surface area contributed by atoms with Crippen LogP contribution in [0.5, 0.6) is 5.88 Å². The normalized spacial score (nSPS) is 19.0. The van der Waals surface area contributed by atoms with Gasteiger partial charge in [0, 0.05) is 18.9 Å². The lowest BCUT2D eigenvalue weighted by Gasteiger charge is -2.29. The van der Waals surface area contributed by atoms with Crippen LogP contribution in [-0.4, -0.2) is 35.9 Å². The van der Waals surface area contributed by atoms with Gasteiger partial charge >= 0.3 is 0 Å². The highest BCUT2D eigenvalue weighted by molar-refractivity contribution is 6.27. The minimum atomic E-state index is -2.86. The van der Waals surface area contributed by atoms with Crippen LogP contribution in [0.2, 0.25) is 0 Å². The van der Waals surface area contributed by atoms with Gasteiger partial charge in [-0.3, -0.25) is 9.59 Å². The molecule has 0 aromatic carbocycles. The van der Waals surface area contributed by atoms with Gasteiger partial charge in [-0.15, -0.1) is 0 Å². The standard InChI is InChI=1S/C18H21F2NO5/c1-18(2)6-5-11(22)13(15(18)24)14(23)12-9(8-25-3)7-10(16(19)20)21-17(12)26-4/h7,16,23H,5-6,8H2,1-4H3/b14-13-. The molecular weight excluding hydrogens is 348 g/mol. The summed E-state index contributed by atoms with van der Waals surface area (Å²) >= 11 is 0. The Labute approximate surface area is 149 Å². The van der Waals surface area contributed by atoms with Crippen molar-refractivity contribution >= 4 is 17.3 Å². The second-order valence-electron chi connectivity index (χ2n) is 6.68. The summed E-state index contributed by atoms with van der Waals surface area (Å²) in [4.78, 5) is 28.7. The molecule has 6 nitrogen and oxygen atoms in total. The van der Waals surface area contributed by atoms with Gasteiger partial charge in [0.05, 0.1) is 19.3 Å². The first-order valence-electron chi connectivity index (χ1n) is 8.00. The van der Waals surface area contributed by atoms with Crippen LogP contribution in [0.4, 0.5) is 8.78 Å². The molecule has 1 N–H and O–H groups in total. The largest absolute Gasteiger partial charge is 0.506 e. The second kappa shape index (κ2) is 7.49. The van der Waals surface area contributed by atoms with Gasteiger partial charge in [0.2, 0.25) is 5.88 Å². The maximum absolute atomic E-state index is 13.1. The molecule has 1 aliphatic carbocycles. The summed E-state index contributed by atoms with van der Waals surface area (Å²) < 4.78 is 36.2. The number of ketones is 2. The Morgan fingerprint density at radius 2 is 2.00 bits per heavy atom. The number of rotatable bonds is 5. The highest BCUT2D eigenvalue weighted by atomic mass is 19.3. The minimum absolute atomic E-state index is 0.0897. The van der Waals surface area contributed by atoms with Gasteiger partial charge in [-0.2, -0.15) is 0 Å². The molecule has 0 unspecified atom stereocenters. The molecule has 8 heteroatoms. The third kappa shape index (κ3) is 3.60. The van der Waals surface area contributed by atoms with Gasteiger partial charge in [0.25, 0.3) is 6.43 Å². The zero-order chi connectivity index (χ0) is 19.6. The molecular formula is C18H21F2NO5. The van der Waals surface area contributed by atoms with Crippen molar-refractivity contribution in [3.8, 4) is 5.88 Å². The number of carbonyl (C=O) groups excluding carboxylic acids is 2. The second-order valence-corrected chi connectivity index (χ2v) is 6.68. The quantitative estimate of drug-likeness (QED) is 0.486. The van der Waals surface area contributed by atoms with E-state index in [1.165, 1.54) is 14.2 Å². The highest BCUT2D eigenvalue weighted by Gasteiger charge is 2.41. The lowest BCUT2D eigenvalue weighted by Crippen LogP contribution is -2.35. The molecule has 142 valence electrons. The van der Waals surface area contributed by atoms with E-state index < -0.39 is 34.9 Å². The predicted molar refractivity (Wildman–Crippen MR) is 89.0 cm³/mol. The average molecular weight is 369 g/mol. The van der Waals surface area contributed by atoms with Crippen LogP contribution in [0.1, 0.15) is 49.9 Å². The van der Waals surface area contributed by atoms with Crippen molar-refractivity contribution in [2.75, 3.05) is 14.2 Å². The minimum Gasteiger partial charge on any atom is -0.506 e. The van der Waals surface area contributed by atoms with Crippen LogP contribution in [0.15, 0.2) is 11.6 Å². The first-order valence-corrected chi connectivity index (χ1v) is 8.00. The van der Waals surface area contributed by atoms with Crippen LogP contribution < -0.4 is 4.74 Å². The molecule has 26 heavy (non-hydrogen) atoms. The molecule has 1 aromatic heterocycles. The number of hydrogen-bond donors (Lipinski definition) is 1. The number of halogens is 2. The van der Waals surface area contributed by atoms with Crippen LogP contribution in [0, 0.1) is 5.41 Å². The number of carbonyl (C=O) groups is 2. The van der Waals surface area contributed by atoms with Crippen molar-refractivity contribution in [2.24, 2.45) is 5.41 Å². The molecule has 0 spiro atoms. The fourth-order valence-electron chi connectivity index (χ4n) is 2.87. The molecule has 0 bridgehead atoms. The molecule has 0 atom stereocenters. The number of methoxy groups -OCH3 is 2. The number of allylic oxidation sites excluding steroid dienone is 1. The Hall–Kier alpha value is -2.35. The molecule has 0 amide bonds. The Morgan fingerprint density at radius 3 is 2.54 bits per heavy atom. The molecule has 0 aliphatic heterocycles. The summed E-state index contributed by atoms with van der Waals surface area (Å²) in [7, 11) is 2.55. The molecule has 1 heterocycles. The first kappa shape index (κ1) is 20.0. The van der Waals surface area contributed by atoms with Gasteiger partial charge in [-0.1, -0.05) is 13.8 Å². The predicted octanol–water partition coefficient (Wildman–Crippen LogP) is 3.40. The van der Waals surface area contributed by atoms with Crippen LogP contribution in [-0.2, 0) is 20.9 Å². The number of pyridine rings is 1. The Bertz CT molecular complexity index is 771. The number of alkyl halides is 2. The molecule has 0 radical (unpaired) electrons. The molecule has 1 aliphatic rings. The smallest absolute Gasteiger partial charge is 0.280 e. The number of aromatic nitrogens is 1. The third-order valence-electron chi connectivity index (χ3n) is 4.38. The molecule has 1 fully saturated rings. The maximum atomic E-state index is 13.1. The maximum Gasteiger partial charge on any atom is 0.280 e. The van der Waals surface area contributed by atoms with E-state index in [1.54, 1.807) is 13.8 Å². The summed E-state index contributed by atoms with van der Waals surface area (Å²) in [6, 6.07) is 1.06. The fourth-order valence-corrected chi connectivity index (χ4v) is 2.87. The first-order chi connectivity index (χ1) is 12.1. The van der Waals surface area contributed by atoms with Crippen molar-refractivity contribution < 1.29 is 33.0 Å². The van der Waals surface area contributed by atoms with E-state index in [2.05, 4.69) is 4.98 Å². The lowest BCUT2D eigenvalue weighted by atomic mass is 9.72. The van der Waals surface area contributed by atoms with E-state index in [-0.39, 0.29) is 35.6 Å². The zero-order valence-corrected chi connectivity index (χ0v) is 15.1. The molecule has 2 rings (SSSR count). The van der Waals surface area contributed by atoms with E-state index >= 15 is 0 Å². The van der Waals surface area contributed by atoms with Gasteiger partial charge in [-0.25, -0.2) is 13.8 Å². The zero-order valence-electron chi connectivity index (χ0n) is 15.1. The summed E-state index contributed by atoms with van der Waals surface area (Å²) in [5, 5.41) is 10.7. The summed E-state index contributed by atoms with van der Waals surface area (Å²) in [5.74, 6) is -1.93. The Kier molecular flexibility index (Phi) is 5.75. The van der Waals surface area contributed by atoms with E-state index in [0.717, 1.165) is 6.07 Å². The third-order valence-corrected chi connectivity index (χ3v) is 4.38. The molecule has 1 aromatic rings. The van der Waals surface area contributed by atoms with Crippen molar-refractivity contribution in [1.29, 1.82) is 0 Å². The number of nitrogens with zero attached hydrogens (tertiary/aromatic N) is 1. The number of ether oxygens (including phenoxy) is 2. The van der Waals surface area contributed by atoms with Gasteiger partial charge < -0.3 is 14.6 Å². The monoisotopic (exact) mass is 369 g/mol. The fraction of sp³-hybridized carbons (Fsp3) is 0.500. The number of aliphatic hydroxyl groups is 1. The van der Waals surface area contributed by atoms with E-state index in [0.29, 0.717) is 6.42 Å². The van der Waals surface area contributed by atoms with Crippen LogP contribution in [0.3, 0.4) is 0 Å². The number of Topliss-reactive ketones (excluding diaryl/α,β-unsaturated/α-hetero) is 2. The Morgan fingerprint density at radius 1 is 1.35 bits per heavy atom. The summed E-state index contributed by atoms with van der Waals surface area (Å²) in [6.45, 7) is 3.22. The van der Waals surface area contributed by atoms with Crippen LogP contribution >= 0.6 is 0 Å². The summed E-state index contributed by atoms with van der Waals surface area (Å²) in [6.07, 6.45) is -2.39.